The number of anilines is 2. The molecular formula is C21H30N10O19P4S. The molecule has 0 saturated carbocycles. The normalized spacial score (nSPS) is 29.4. The van der Waals surface area contributed by atoms with Crippen LogP contribution in [0.25, 0.3) is 22.3 Å². The average molecular weight is 882 g/mol. The van der Waals surface area contributed by atoms with Crippen molar-refractivity contribution in [2.45, 2.75) is 49.1 Å². The van der Waals surface area contributed by atoms with E-state index in [2.05, 4.69) is 38.5 Å². The number of fused-ring (bicyclic) bond motifs is 2. The van der Waals surface area contributed by atoms with Gasteiger partial charge in [0.05, 0.1) is 25.9 Å². The minimum atomic E-state index is -5.90. The number of hydrogen-bond donors (Lipinski definition) is 10. The Morgan fingerprint density at radius 2 is 1.47 bits per heavy atom. The van der Waals surface area contributed by atoms with Crippen LogP contribution >= 0.6 is 30.2 Å². The maximum atomic E-state index is 12.6. The summed E-state index contributed by atoms with van der Waals surface area (Å²) < 4.78 is 78.6. The molecule has 0 amide bonds. The predicted molar refractivity (Wildman–Crippen MR) is 180 cm³/mol. The summed E-state index contributed by atoms with van der Waals surface area (Å²) in [5, 5.41) is 21.5. The molecule has 11 atom stereocenters. The van der Waals surface area contributed by atoms with Gasteiger partial charge in [-0.1, -0.05) is 0 Å². The number of nitrogens with one attached hydrogen (secondary N) is 1. The molecule has 4 aromatic rings. The Hall–Kier alpha value is -2.76. The number of nitrogens with two attached hydrogens (primary N) is 2. The summed E-state index contributed by atoms with van der Waals surface area (Å²) in [5.74, 6) is -0.289. The van der Waals surface area contributed by atoms with Gasteiger partial charge in [0, 0.05) is 7.11 Å². The van der Waals surface area contributed by atoms with Crippen molar-refractivity contribution in [2.75, 3.05) is 31.8 Å². The quantitative estimate of drug-likeness (QED) is 0.0557. The van der Waals surface area contributed by atoms with Crippen molar-refractivity contribution < 1.29 is 84.8 Å². The van der Waals surface area contributed by atoms with Gasteiger partial charge in [0.1, 0.15) is 48.5 Å². The summed E-state index contributed by atoms with van der Waals surface area (Å²) in [6.07, 6.45) is -8.58. The van der Waals surface area contributed by atoms with Crippen LogP contribution in [-0.4, -0.2) is 131 Å². The number of aliphatic hydroxyl groups is 2. The number of hydrogen-bond acceptors (Lipinski definition) is 22. The summed E-state index contributed by atoms with van der Waals surface area (Å²) in [6, 6.07) is 0. The Labute approximate surface area is 309 Å². The number of rotatable bonds is 15. The van der Waals surface area contributed by atoms with Crippen molar-refractivity contribution in [3.63, 3.8) is 0 Å². The molecule has 0 aliphatic carbocycles. The van der Waals surface area contributed by atoms with E-state index in [0.29, 0.717) is 0 Å². The molecule has 2 aliphatic rings. The first-order valence-electron chi connectivity index (χ1n) is 14.9. The standard InChI is InChI=1S/C21H30N10O19P4S/c1-43-14-13(48-54(42,55)45-2-7-11(32)12(33)19(46-7)31-6-27-10-17(31)28-21(23)29-18(10)34)8(3-44-52(38,39)50-53(40,41)49-51(35,36)37)47-20(14)30-5-26-9-15(22)24-4-25-16(9)30/h4-8,11-14,19-20,32-33H,2-3H2,1H3,(H,38,39)(H,40,41)(H,42,55)(H2,22,24,25)(H2,35,36,37)(H3,23,28,29,34)/t7-,8-,11-,12-,13-,14-,19-,20-,54?/m1/s1. The zero-order valence-electron chi connectivity index (χ0n) is 27.3. The lowest BCUT2D eigenvalue weighted by molar-refractivity contribution is -0.0577. The fourth-order valence-electron chi connectivity index (χ4n) is 5.55. The molecule has 4 aromatic heterocycles. The lowest BCUT2D eigenvalue weighted by Crippen LogP contribution is -2.37. The Kier molecular flexibility index (Phi) is 11.8. The summed E-state index contributed by atoms with van der Waals surface area (Å²) >= 11 is 5.20. The van der Waals surface area contributed by atoms with E-state index >= 15 is 0 Å². The zero-order valence-corrected chi connectivity index (χ0v) is 31.7. The Morgan fingerprint density at radius 3 is 2.15 bits per heavy atom. The summed E-state index contributed by atoms with van der Waals surface area (Å²) in [4.78, 5) is 82.9. The van der Waals surface area contributed by atoms with Crippen LogP contribution in [0.5, 0.6) is 0 Å². The molecular weight excluding hydrogens is 852 g/mol. The number of phosphoric ester groups is 1. The third-order valence-electron chi connectivity index (χ3n) is 7.76. The molecule has 55 heavy (non-hydrogen) atoms. The molecule has 2 fully saturated rings. The number of ether oxygens (including phenoxy) is 3. The van der Waals surface area contributed by atoms with Crippen molar-refractivity contribution in [1.29, 1.82) is 0 Å². The van der Waals surface area contributed by atoms with E-state index in [1.54, 1.807) is 0 Å². The number of nitrogens with zero attached hydrogens (tertiary/aromatic N) is 7. The maximum absolute atomic E-state index is 12.6. The third kappa shape index (κ3) is 9.19. The Balaban J connectivity index is 1.21. The molecule has 34 heteroatoms. The van der Waals surface area contributed by atoms with Gasteiger partial charge in [0.25, 0.3) is 5.56 Å². The first-order valence-corrected chi connectivity index (χ1v) is 22.0. The second kappa shape index (κ2) is 15.5. The number of aromatic nitrogens is 8. The van der Waals surface area contributed by atoms with E-state index in [1.807, 2.05) is 0 Å². The van der Waals surface area contributed by atoms with Crippen LogP contribution in [-0.2, 0) is 61.9 Å². The SMILES string of the molecule is CO[C@@H]1[C@H](OP(O)(=S)OC[C@H]2O[C@@H](n3cnc4c(=O)[nH]c(N)nc43)[C@H](O)[C@@H]2O)[C@@H](COP(=O)(O)OP(=O)(O)OP(=O)(O)O)O[C@H]1n1cnc2c(N)ncnc21. The first-order chi connectivity index (χ1) is 25.6. The highest BCUT2D eigenvalue weighted by molar-refractivity contribution is 8.07. The van der Waals surface area contributed by atoms with Crippen LogP contribution in [0, 0.1) is 0 Å². The fraction of sp³-hybridized carbons (Fsp3) is 0.524. The number of methoxy groups -OCH3 is 1. The summed E-state index contributed by atoms with van der Waals surface area (Å²) in [5.41, 5.74) is 10.8. The van der Waals surface area contributed by atoms with E-state index in [9.17, 15) is 43.4 Å². The van der Waals surface area contributed by atoms with Crippen LogP contribution in [0.15, 0.2) is 23.8 Å². The highest BCUT2D eigenvalue weighted by Crippen LogP contribution is 2.66. The van der Waals surface area contributed by atoms with E-state index in [1.165, 1.54) is 18.0 Å². The first kappa shape index (κ1) is 41.9. The van der Waals surface area contributed by atoms with Gasteiger partial charge in [-0.25, -0.2) is 33.6 Å². The monoisotopic (exact) mass is 882 g/mol. The maximum Gasteiger partial charge on any atom is 0.490 e. The number of aromatic amines is 1. The Morgan fingerprint density at radius 1 is 0.836 bits per heavy atom. The van der Waals surface area contributed by atoms with E-state index in [-0.39, 0.29) is 34.1 Å². The molecule has 0 bridgehead atoms. The van der Waals surface area contributed by atoms with Crippen LogP contribution < -0.4 is 17.0 Å². The van der Waals surface area contributed by atoms with Crippen molar-refractivity contribution in [1.82, 2.24) is 39.0 Å². The molecule has 304 valence electrons. The fourth-order valence-corrected chi connectivity index (χ4v) is 10.0. The highest BCUT2D eigenvalue weighted by atomic mass is 32.5. The molecule has 6 rings (SSSR count). The number of phosphoric acid groups is 3. The Bertz CT molecular complexity index is 2320. The number of imidazole rings is 2. The van der Waals surface area contributed by atoms with Crippen LogP contribution in [0.4, 0.5) is 11.8 Å². The van der Waals surface area contributed by atoms with Gasteiger partial charge < -0.3 is 64.9 Å². The third-order valence-corrected chi connectivity index (χ3v) is 13.1. The molecule has 0 aromatic carbocycles. The van der Waals surface area contributed by atoms with Gasteiger partial charge in [0.15, 0.2) is 35.1 Å². The molecule has 6 heterocycles. The minimum Gasteiger partial charge on any atom is -0.387 e. The van der Waals surface area contributed by atoms with Gasteiger partial charge in [-0.3, -0.25) is 28.0 Å². The van der Waals surface area contributed by atoms with Crippen LogP contribution in [0.2, 0.25) is 0 Å². The van der Waals surface area contributed by atoms with Crippen LogP contribution in [0.1, 0.15) is 12.5 Å². The molecule has 0 spiro atoms. The second-order valence-corrected chi connectivity index (χ2v) is 18.6. The predicted octanol–water partition coefficient (Wildman–Crippen LogP) is -2.38. The van der Waals surface area contributed by atoms with Gasteiger partial charge in [-0.05, 0) is 11.8 Å². The van der Waals surface area contributed by atoms with Gasteiger partial charge in [-0.15, -0.1) is 0 Å². The van der Waals surface area contributed by atoms with Gasteiger partial charge >= 0.3 is 30.2 Å². The second-order valence-electron chi connectivity index (χ2n) is 11.4. The molecule has 0 radical (unpaired) electrons. The molecule has 3 unspecified atom stereocenters. The van der Waals surface area contributed by atoms with Crippen molar-refractivity contribution >= 4 is 76.1 Å². The zero-order chi connectivity index (χ0) is 40.2. The van der Waals surface area contributed by atoms with Crippen molar-refractivity contribution in [2.24, 2.45) is 0 Å². The molecule has 2 aliphatic heterocycles. The van der Waals surface area contributed by atoms with E-state index in [4.69, 9.17) is 60.8 Å². The number of nitrogen functional groups attached to an aromatic ring is 2. The largest absolute Gasteiger partial charge is 0.490 e. The lowest BCUT2D eigenvalue weighted by atomic mass is 10.1. The van der Waals surface area contributed by atoms with E-state index in [0.717, 1.165) is 17.2 Å². The van der Waals surface area contributed by atoms with E-state index < -0.39 is 98.0 Å². The van der Waals surface area contributed by atoms with Crippen molar-refractivity contribution in [3.8, 4) is 0 Å². The topological polar surface area (TPSA) is 426 Å². The molecule has 2 saturated heterocycles. The van der Waals surface area contributed by atoms with Crippen LogP contribution in [0.3, 0.4) is 0 Å². The van der Waals surface area contributed by atoms with Crippen molar-refractivity contribution in [3.05, 3.63) is 29.3 Å². The number of H-pyrrole nitrogens is 1. The van der Waals surface area contributed by atoms with Gasteiger partial charge in [-0.2, -0.15) is 13.6 Å². The summed E-state index contributed by atoms with van der Waals surface area (Å²) in [6.45, 7) is -6.34. The highest BCUT2D eigenvalue weighted by Gasteiger charge is 2.52. The lowest BCUT2D eigenvalue weighted by Gasteiger charge is -2.28. The molecule has 29 nitrogen and oxygen atoms in total. The number of aliphatic hydroxyl groups excluding tert-OH is 2. The molecule has 12 N–H and O–H groups in total. The minimum absolute atomic E-state index is 0.0223. The van der Waals surface area contributed by atoms with Gasteiger partial charge in [0.2, 0.25) is 5.95 Å². The smallest absolute Gasteiger partial charge is 0.387 e. The average Bonchev–Trinajstić information content (AvgIpc) is 3.82. The summed E-state index contributed by atoms with van der Waals surface area (Å²) in [7, 11) is -16.1.